The van der Waals surface area contributed by atoms with Gasteiger partial charge in [0.2, 0.25) is 0 Å². The number of aromatic nitrogens is 1. The Morgan fingerprint density at radius 3 is 1.00 bits per heavy atom. The topological polar surface area (TPSA) is 37.0 Å². The SMILES string of the molecule is CC(C)c1cccc(C(C)C)c1NC(C)c1cccc(C(C)Nc2c(C(C)C)cccc2C(C)C)n1. The van der Waals surface area contributed by atoms with Crippen LogP contribution in [-0.4, -0.2) is 4.98 Å². The first-order chi connectivity index (χ1) is 17.0. The molecule has 3 heteroatoms. The average molecular weight is 486 g/mol. The van der Waals surface area contributed by atoms with E-state index in [-0.39, 0.29) is 12.1 Å². The Kier molecular flexibility index (Phi) is 9.22. The quantitative estimate of drug-likeness (QED) is 0.300. The third-order valence-corrected chi connectivity index (χ3v) is 7.15. The molecule has 2 atom stereocenters. The van der Waals surface area contributed by atoms with E-state index in [1.165, 1.54) is 33.6 Å². The lowest BCUT2D eigenvalue weighted by Gasteiger charge is -2.26. The van der Waals surface area contributed by atoms with Gasteiger partial charge < -0.3 is 10.6 Å². The Labute approximate surface area is 220 Å². The van der Waals surface area contributed by atoms with E-state index >= 15 is 0 Å². The number of nitrogens with one attached hydrogen (secondary N) is 2. The number of pyridine rings is 1. The standard InChI is InChI=1S/C33H47N3/c1-20(2)26-14-11-15-27(21(3)4)32(26)34-24(9)30-18-13-19-31(36-30)25(10)35-33-28(22(5)6)16-12-17-29(33)23(7)8/h11-25,34-35H,1-10H3. The van der Waals surface area contributed by atoms with E-state index < -0.39 is 0 Å². The summed E-state index contributed by atoms with van der Waals surface area (Å²) in [6.07, 6.45) is 0. The second-order valence-corrected chi connectivity index (χ2v) is 11.5. The molecule has 0 amide bonds. The van der Waals surface area contributed by atoms with Crippen molar-refractivity contribution in [1.82, 2.24) is 4.98 Å². The number of rotatable bonds is 10. The summed E-state index contributed by atoms with van der Waals surface area (Å²) in [7, 11) is 0. The molecule has 2 N–H and O–H groups in total. The van der Waals surface area contributed by atoms with Crippen LogP contribution in [0.4, 0.5) is 11.4 Å². The van der Waals surface area contributed by atoms with Crippen molar-refractivity contribution in [3.8, 4) is 0 Å². The monoisotopic (exact) mass is 485 g/mol. The Balaban J connectivity index is 1.90. The van der Waals surface area contributed by atoms with Gasteiger partial charge in [-0.3, -0.25) is 4.98 Å². The molecule has 1 aromatic heterocycles. The zero-order chi connectivity index (χ0) is 26.6. The van der Waals surface area contributed by atoms with E-state index in [9.17, 15) is 0 Å². The minimum Gasteiger partial charge on any atom is -0.376 e. The van der Waals surface area contributed by atoms with E-state index in [1.54, 1.807) is 0 Å². The summed E-state index contributed by atoms with van der Waals surface area (Å²) < 4.78 is 0. The summed E-state index contributed by atoms with van der Waals surface area (Å²) in [4.78, 5) is 5.14. The fraction of sp³-hybridized carbons (Fsp3) is 0.485. The molecule has 0 saturated carbocycles. The summed E-state index contributed by atoms with van der Waals surface area (Å²) in [5.74, 6) is 1.83. The van der Waals surface area contributed by atoms with Crippen LogP contribution in [0.1, 0.15) is 139 Å². The highest BCUT2D eigenvalue weighted by molar-refractivity contribution is 5.62. The molecular weight excluding hydrogens is 438 g/mol. The van der Waals surface area contributed by atoms with E-state index in [4.69, 9.17) is 4.98 Å². The molecule has 2 unspecified atom stereocenters. The van der Waals surface area contributed by atoms with Gasteiger partial charge in [-0.1, -0.05) is 97.9 Å². The van der Waals surface area contributed by atoms with Crippen molar-refractivity contribution in [2.75, 3.05) is 10.6 Å². The molecular formula is C33H47N3. The van der Waals surface area contributed by atoms with Gasteiger partial charge >= 0.3 is 0 Å². The Morgan fingerprint density at radius 2 is 0.722 bits per heavy atom. The predicted molar refractivity (Wildman–Crippen MR) is 158 cm³/mol. The van der Waals surface area contributed by atoms with Gasteiger partial charge in [0.15, 0.2) is 0 Å². The molecule has 3 rings (SSSR count). The van der Waals surface area contributed by atoms with Crippen LogP contribution in [-0.2, 0) is 0 Å². The smallest absolute Gasteiger partial charge is 0.0657 e. The minimum atomic E-state index is 0.101. The molecule has 36 heavy (non-hydrogen) atoms. The molecule has 3 nitrogen and oxygen atoms in total. The lowest BCUT2D eigenvalue weighted by atomic mass is 9.92. The number of hydrogen-bond acceptors (Lipinski definition) is 3. The fourth-order valence-electron chi connectivity index (χ4n) is 4.97. The van der Waals surface area contributed by atoms with Gasteiger partial charge in [0.25, 0.3) is 0 Å². The van der Waals surface area contributed by atoms with Crippen LogP contribution in [0.25, 0.3) is 0 Å². The van der Waals surface area contributed by atoms with Gasteiger partial charge in [0.1, 0.15) is 0 Å². The van der Waals surface area contributed by atoms with Crippen LogP contribution in [0, 0.1) is 0 Å². The number of benzene rings is 2. The van der Waals surface area contributed by atoms with Crippen molar-refractivity contribution in [2.45, 2.75) is 105 Å². The summed E-state index contributed by atoms with van der Waals surface area (Å²) in [6, 6.07) is 20.0. The third-order valence-electron chi connectivity index (χ3n) is 7.15. The lowest BCUT2D eigenvalue weighted by Crippen LogP contribution is -2.16. The molecule has 1 heterocycles. The molecule has 194 valence electrons. The van der Waals surface area contributed by atoms with Crippen LogP contribution in [0.2, 0.25) is 0 Å². The van der Waals surface area contributed by atoms with Crippen LogP contribution in [0.5, 0.6) is 0 Å². The molecule has 0 saturated heterocycles. The van der Waals surface area contributed by atoms with Gasteiger partial charge in [-0.2, -0.15) is 0 Å². The predicted octanol–water partition coefficient (Wildman–Crippen LogP) is 9.92. The van der Waals surface area contributed by atoms with E-state index in [0.717, 1.165) is 11.4 Å². The number of hydrogen-bond donors (Lipinski definition) is 2. The molecule has 3 aromatic rings. The molecule has 0 aliphatic rings. The molecule has 0 bridgehead atoms. The van der Waals surface area contributed by atoms with Gasteiger partial charge in [-0.25, -0.2) is 0 Å². The fourth-order valence-corrected chi connectivity index (χ4v) is 4.97. The maximum absolute atomic E-state index is 5.14. The van der Waals surface area contributed by atoms with Crippen molar-refractivity contribution >= 4 is 11.4 Å². The highest BCUT2D eigenvalue weighted by atomic mass is 15.0. The van der Waals surface area contributed by atoms with Crippen molar-refractivity contribution in [3.05, 3.63) is 88.2 Å². The summed E-state index contributed by atoms with van der Waals surface area (Å²) in [6.45, 7) is 22.6. The second-order valence-electron chi connectivity index (χ2n) is 11.5. The summed E-state index contributed by atoms with van der Waals surface area (Å²) >= 11 is 0. The first-order valence-corrected chi connectivity index (χ1v) is 13.8. The van der Waals surface area contributed by atoms with Crippen LogP contribution >= 0.6 is 0 Å². The molecule has 0 radical (unpaired) electrons. The Morgan fingerprint density at radius 1 is 0.444 bits per heavy atom. The molecule has 0 aliphatic heterocycles. The minimum absolute atomic E-state index is 0.101. The average Bonchev–Trinajstić information content (AvgIpc) is 2.83. The highest BCUT2D eigenvalue weighted by Crippen LogP contribution is 2.36. The van der Waals surface area contributed by atoms with E-state index in [0.29, 0.717) is 23.7 Å². The number of nitrogens with zero attached hydrogens (tertiary/aromatic N) is 1. The van der Waals surface area contributed by atoms with Crippen LogP contribution in [0.15, 0.2) is 54.6 Å². The first-order valence-electron chi connectivity index (χ1n) is 13.8. The molecule has 0 fully saturated rings. The van der Waals surface area contributed by atoms with Crippen LogP contribution in [0.3, 0.4) is 0 Å². The Hall–Kier alpha value is -2.81. The van der Waals surface area contributed by atoms with Crippen LogP contribution < -0.4 is 10.6 Å². The van der Waals surface area contributed by atoms with Crippen molar-refractivity contribution in [1.29, 1.82) is 0 Å². The zero-order valence-electron chi connectivity index (χ0n) is 24.1. The first kappa shape index (κ1) is 27.8. The van der Waals surface area contributed by atoms with E-state index in [2.05, 4.69) is 134 Å². The summed E-state index contributed by atoms with van der Waals surface area (Å²) in [5.41, 5.74) is 10.1. The van der Waals surface area contributed by atoms with Gasteiger partial charge in [-0.15, -0.1) is 0 Å². The lowest BCUT2D eigenvalue weighted by molar-refractivity contribution is 0.761. The van der Waals surface area contributed by atoms with Crippen molar-refractivity contribution < 1.29 is 0 Å². The largest absolute Gasteiger partial charge is 0.376 e. The Bertz CT molecular complexity index is 1000. The maximum Gasteiger partial charge on any atom is 0.0657 e. The molecule has 0 spiro atoms. The van der Waals surface area contributed by atoms with Crippen molar-refractivity contribution in [2.24, 2.45) is 0 Å². The molecule has 2 aromatic carbocycles. The van der Waals surface area contributed by atoms with Gasteiger partial charge in [0.05, 0.1) is 23.5 Å². The maximum atomic E-state index is 5.14. The number of para-hydroxylation sites is 2. The normalized spacial score (nSPS) is 13.5. The van der Waals surface area contributed by atoms with Gasteiger partial charge in [-0.05, 0) is 71.9 Å². The van der Waals surface area contributed by atoms with Crippen molar-refractivity contribution in [3.63, 3.8) is 0 Å². The number of anilines is 2. The zero-order valence-corrected chi connectivity index (χ0v) is 24.1. The summed E-state index contributed by atoms with van der Waals surface area (Å²) in [5, 5.41) is 7.68. The second kappa shape index (κ2) is 12.0. The third kappa shape index (κ3) is 6.30. The van der Waals surface area contributed by atoms with E-state index in [1.807, 2.05) is 0 Å². The van der Waals surface area contributed by atoms with Gasteiger partial charge in [0, 0.05) is 11.4 Å². The highest BCUT2D eigenvalue weighted by Gasteiger charge is 2.19. The molecule has 0 aliphatic carbocycles.